The lowest BCUT2D eigenvalue weighted by atomic mass is 9.97. The Kier molecular flexibility index (Phi) is 5.73. The van der Waals surface area contributed by atoms with E-state index in [1.807, 2.05) is 13.0 Å². The second-order valence-corrected chi connectivity index (χ2v) is 7.99. The normalized spacial score (nSPS) is 14.4. The van der Waals surface area contributed by atoms with E-state index in [1.165, 1.54) is 6.07 Å². The van der Waals surface area contributed by atoms with Crippen molar-refractivity contribution in [3.05, 3.63) is 53.4 Å². The number of aliphatic hydroxyl groups is 1. The van der Waals surface area contributed by atoms with Gasteiger partial charge in [0, 0.05) is 30.8 Å². The number of benzene rings is 1. The number of rotatable bonds is 7. The number of carbonyl (C=O) groups excluding carboxylic acids is 1. The van der Waals surface area contributed by atoms with Gasteiger partial charge < -0.3 is 20.2 Å². The Labute approximate surface area is 179 Å². The number of pyridine rings is 1. The number of aromatic nitrogens is 2. The summed E-state index contributed by atoms with van der Waals surface area (Å²) in [6.07, 6.45) is 5.12. The van der Waals surface area contributed by atoms with Gasteiger partial charge in [-0.15, -0.1) is 0 Å². The van der Waals surface area contributed by atoms with Gasteiger partial charge in [0.15, 0.2) is 11.7 Å². The maximum Gasteiger partial charge on any atom is 0.254 e. The molecular weight excluding hydrogens is 399 g/mol. The Bertz CT molecular complexity index is 1120. The molecule has 0 unspecified atom stereocenters. The van der Waals surface area contributed by atoms with Crippen molar-refractivity contribution in [2.24, 2.45) is 0 Å². The molecule has 3 aromatic rings. The van der Waals surface area contributed by atoms with Crippen LogP contribution in [0.15, 0.2) is 35.0 Å². The van der Waals surface area contributed by atoms with Crippen LogP contribution in [0.5, 0.6) is 0 Å². The van der Waals surface area contributed by atoms with Crippen molar-refractivity contribution in [2.45, 2.75) is 45.7 Å². The van der Waals surface area contributed by atoms with Gasteiger partial charge >= 0.3 is 0 Å². The molecule has 0 saturated heterocycles. The standard InChI is InChI=1S/C23H25FN4O3/c1-12-6-20(24)18(23(30)28-16-4-5-16)8-17(12)15-7-19(21-10-25-14(3)31-21)22(26-9-15)27-13(2)11-29/h6-10,13,16,29H,4-5,11H2,1-3H3,(H,26,27)(H,28,30)/t13-/m0/s1. The summed E-state index contributed by atoms with van der Waals surface area (Å²) in [5.41, 5.74) is 2.77. The summed E-state index contributed by atoms with van der Waals surface area (Å²) in [6, 6.07) is 4.72. The minimum atomic E-state index is -0.548. The summed E-state index contributed by atoms with van der Waals surface area (Å²) >= 11 is 0. The van der Waals surface area contributed by atoms with Crippen LogP contribution in [0.3, 0.4) is 0 Å². The second-order valence-electron chi connectivity index (χ2n) is 7.99. The third-order valence-electron chi connectivity index (χ3n) is 5.21. The molecule has 3 N–H and O–H groups in total. The number of aliphatic hydroxyl groups excluding tert-OH is 1. The number of hydrogen-bond acceptors (Lipinski definition) is 6. The van der Waals surface area contributed by atoms with Crippen LogP contribution in [0.1, 0.15) is 41.6 Å². The monoisotopic (exact) mass is 424 g/mol. The first-order valence-corrected chi connectivity index (χ1v) is 10.3. The molecule has 31 heavy (non-hydrogen) atoms. The summed E-state index contributed by atoms with van der Waals surface area (Å²) in [6.45, 7) is 5.31. The number of hydrogen-bond donors (Lipinski definition) is 3. The minimum Gasteiger partial charge on any atom is -0.441 e. The number of nitrogens with zero attached hydrogens (tertiary/aromatic N) is 2. The van der Waals surface area contributed by atoms with Crippen LogP contribution < -0.4 is 10.6 Å². The number of anilines is 1. The molecule has 0 aliphatic heterocycles. The van der Waals surface area contributed by atoms with E-state index in [0.717, 1.165) is 12.8 Å². The summed E-state index contributed by atoms with van der Waals surface area (Å²) in [4.78, 5) is 21.2. The highest BCUT2D eigenvalue weighted by atomic mass is 19.1. The fourth-order valence-corrected chi connectivity index (χ4v) is 3.33. The van der Waals surface area contributed by atoms with Crippen molar-refractivity contribution in [3.63, 3.8) is 0 Å². The van der Waals surface area contributed by atoms with Gasteiger partial charge in [0.1, 0.15) is 11.6 Å². The number of nitrogens with one attached hydrogen (secondary N) is 2. The molecule has 1 fully saturated rings. The van der Waals surface area contributed by atoms with Crippen molar-refractivity contribution in [1.29, 1.82) is 0 Å². The fraction of sp³-hybridized carbons (Fsp3) is 0.348. The number of oxazole rings is 1. The molecular formula is C23H25FN4O3. The van der Waals surface area contributed by atoms with E-state index in [0.29, 0.717) is 39.7 Å². The van der Waals surface area contributed by atoms with Crippen LogP contribution >= 0.6 is 0 Å². The molecule has 1 atom stereocenters. The maximum atomic E-state index is 14.5. The van der Waals surface area contributed by atoms with Gasteiger partial charge in [-0.1, -0.05) is 0 Å². The smallest absolute Gasteiger partial charge is 0.254 e. The van der Waals surface area contributed by atoms with Crippen LogP contribution in [0.2, 0.25) is 0 Å². The maximum absolute atomic E-state index is 14.5. The number of aryl methyl sites for hydroxylation is 2. The average molecular weight is 424 g/mol. The zero-order valence-electron chi connectivity index (χ0n) is 17.7. The van der Waals surface area contributed by atoms with Crippen molar-refractivity contribution in [2.75, 3.05) is 11.9 Å². The molecule has 2 heterocycles. The number of carbonyl (C=O) groups is 1. The van der Waals surface area contributed by atoms with Gasteiger partial charge in [0.25, 0.3) is 5.91 Å². The lowest BCUT2D eigenvalue weighted by molar-refractivity contribution is 0.0947. The third-order valence-corrected chi connectivity index (χ3v) is 5.21. The van der Waals surface area contributed by atoms with E-state index in [9.17, 15) is 14.3 Å². The third kappa shape index (κ3) is 4.59. The highest BCUT2D eigenvalue weighted by Gasteiger charge is 2.26. The molecule has 1 amide bonds. The number of amides is 1. The minimum absolute atomic E-state index is 0.0145. The van der Waals surface area contributed by atoms with Gasteiger partial charge in [-0.3, -0.25) is 4.79 Å². The summed E-state index contributed by atoms with van der Waals surface area (Å²) in [7, 11) is 0. The quantitative estimate of drug-likeness (QED) is 0.533. The topological polar surface area (TPSA) is 100 Å². The van der Waals surface area contributed by atoms with Gasteiger partial charge in [0.2, 0.25) is 0 Å². The molecule has 4 rings (SSSR count). The molecule has 2 aromatic heterocycles. The molecule has 0 radical (unpaired) electrons. The van der Waals surface area contributed by atoms with Crippen molar-refractivity contribution in [3.8, 4) is 22.5 Å². The molecule has 162 valence electrons. The highest BCUT2D eigenvalue weighted by molar-refractivity contribution is 5.96. The van der Waals surface area contributed by atoms with Crippen molar-refractivity contribution in [1.82, 2.24) is 15.3 Å². The van der Waals surface area contributed by atoms with Crippen molar-refractivity contribution < 1.29 is 18.7 Å². The zero-order chi connectivity index (χ0) is 22.1. The van der Waals surface area contributed by atoms with Gasteiger partial charge in [-0.05, 0) is 56.0 Å². The van der Waals surface area contributed by atoms with Crippen LogP contribution in [0.4, 0.5) is 10.2 Å². The molecule has 0 bridgehead atoms. The first-order chi connectivity index (χ1) is 14.9. The zero-order valence-corrected chi connectivity index (χ0v) is 17.7. The van der Waals surface area contributed by atoms with E-state index >= 15 is 0 Å². The van der Waals surface area contributed by atoms with E-state index < -0.39 is 11.7 Å². The van der Waals surface area contributed by atoms with E-state index in [4.69, 9.17) is 4.42 Å². The summed E-state index contributed by atoms with van der Waals surface area (Å²) in [5, 5.41) is 15.4. The SMILES string of the molecule is Cc1ncc(-c2cc(-c3cc(C(=O)NC4CC4)c(F)cc3C)cnc2N[C@@H](C)CO)o1. The van der Waals surface area contributed by atoms with Crippen LogP contribution in [-0.4, -0.2) is 39.7 Å². The predicted molar refractivity (Wildman–Crippen MR) is 115 cm³/mol. The summed E-state index contributed by atoms with van der Waals surface area (Å²) in [5.74, 6) is 0.612. The Hall–Kier alpha value is -3.26. The molecule has 8 heteroatoms. The first-order valence-electron chi connectivity index (χ1n) is 10.3. The van der Waals surface area contributed by atoms with Gasteiger partial charge in [0.05, 0.1) is 23.9 Å². The Morgan fingerprint density at radius 2 is 2.00 bits per heavy atom. The number of halogens is 1. The molecule has 1 aliphatic rings. The van der Waals surface area contributed by atoms with Crippen LogP contribution in [0, 0.1) is 19.7 Å². The lowest BCUT2D eigenvalue weighted by Gasteiger charge is -2.16. The van der Waals surface area contributed by atoms with E-state index in [-0.39, 0.29) is 24.3 Å². The largest absolute Gasteiger partial charge is 0.441 e. The molecule has 1 aromatic carbocycles. The molecule has 1 aliphatic carbocycles. The average Bonchev–Trinajstić information content (AvgIpc) is 3.45. The Balaban J connectivity index is 1.77. The predicted octanol–water partition coefficient (Wildman–Crippen LogP) is 3.84. The lowest BCUT2D eigenvalue weighted by Crippen LogP contribution is -2.26. The molecule has 1 saturated carbocycles. The Morgan fingerprint density at radius 1 is 1.23 bits per heavy atom. The van der Waals surface area contributed by atoms with Gasteiger partial charge in [-0.25, -0.2) is 14.4 Å². The molecule has 0 spiro atoms. The first kappa shape index (κ1) is 21.0. The van der Waals surface area contributed by atoms with Gasteiger partial charge in [-0.2, -0.15) is 0 Å². The van der Waals surface area contributed by atoms with E-state index in [1.54, 1.807) is 32.3 Å². The van der Waals surface area contributed by atoms with E-state index in [2.05, 4.69) is 20.6 Å². The van der Waals surface area contributed by atoms with Crippen molar-refractivity contribution >= 4 is 11.7 Å². The fourth-order valence-electron chi connectivity index (χ4n) is 3.33. The second kappa shape index (κ2) is 8.47. The Morgan fingerprint density at radius 3 is 2.65 bits per heavy atom. The highest BCUT2D eigenvalue weighted by Crippen LogP contribution is 2.34. The van der Waals surface area contributed by atoms with Crippen LogP contribution in [-0.2, 0) is 0 Å². The molecule has 7 nitrogen and oxygen atoms in total. The van der Waals surface area contributed by atoms with Crippen LogP contribution in [0.25, 0.3) is 22.5 Å². The summed E-state index contributed by atoms with van der Waals surface area (Å²) < 4.78 is 20.2.